The molecule has 1 aromatic rings. The maximum Gasteiger partial charge on any atom is 0.335 e. The van der Waals surface area contributed by atoms with E-state index in [1.54, 1.807) is 12.1 Å². The molecule has 0 amide bonds. The van der Waals surface area contributed by atoms with E-state index in [9.17, 15) is 4.79 Å². The lowest BCUT2D eigenvalue weighted by molar-refractivity contribution is 0.0697. The van der Waals surface area contributed by atoms with Gasteiger partial charge in [0.25, 0.3) is 0 Å². The van der Waals surface area contributed by atoms with Gasteiger partial charge in [0.1, 0.15) is 0 Å². The molecule has 0 aliphatic carbocycles. The van der Waals surface area contributed by atoms with Crippen molar-refractivity contribution < 1.29 is 9.90 Å². The lowest BCUT2D eigenvalue weighted by atomic mass is 10.1. The lowest BCUT2D eigenvalue weighted by Crippen LogP contribution is -2.41. The summed E-state index contributed by atoms with van der Waals surface area (Å²) in [7, 11) is 4.04. The Morgan fingerprint density at radius 1 is 1.53 bits per heavy atom. The molecule has 1 heterocycles. The van der Waals surface area contributed by atoms with Crippen molar-refractivity contribution in [3.8, 4) is 0 Å². The highest BCUT2D eigenvalue weighted by molar-refractivity contribution is 7.80. The minimum Gasteiger partial charge on any atom is -0.478 e. The molecule has 2 rings (SSSR count). The van der Waals surface area contributed by atoms with Gasteiger partial charge in [-0.2, -0.15) is 0 Å². The number of hydrogen-bond acceptors (Lipinski definition) is 3. The van der Waals surface area contributed by atoms with Crippen LogP contribution in [0.15, 0.2) is 18.2 Å². The second kappa shape index (κ2) is 5.54. The molecule has 0 atom stereocenters. The van der Waals surface area contributed by atoms with Crippen LogP contribution in [0, 0.1) is 0 Å². The third-order valence-electron chi connectivity index (χ3n) is 3.06. The van der Waals surface area contributed by atoms with Crippen molar-refractivity contribution in [3.63, 3.8) is 0 Å². The molecular weight excluding hydrogens is 262 g/mol. The van der Waals surface area contributed by atoms with Crippen molar-refractivity contribution in [2.24, 2.45) is 0 Å². The van der Waals surface area contributed by atoms with Crippen LogP contribution in [0.4, 0.5) is 5.69 Å². The summed E-state index contributed by atoms with van der Waals surface area (Å²) >= 11 is 5.31. The zero-order valence-electron chi connectivity index (χ0n) is 11.0. The zero-order chi connectivity index (χ0) is 14.0. The number of carbonyl (C=O) groups is 1. The molecule has 0 unspecified atom stereocenters. The summed E-state index contributed by atoms with van der Waals surface area (Å²) in [6.07, 6.45) is 0. The maximum atomic E-state index is 10.9. The number of hydrogen-bond donors (Lipinski definition) is 2. The number of fused-ring (bicyclic) bond motifs is 1. The Labute approximate surface area is 117 Å². The summed E-state index contributed by atoms with van der Waals surface area (Å²) in [5.74, 6) is -0.925. The van der Waals surface area contributed by atoms with Gasteiger partial charge in [0, 0.05) is 25.3 Å². The molecule has 5 nitrogen and oxygen atoms in total. The van der Waals surface area contributed by atoms with Crippen LogP contribution in [0.3, 0.4) is 0 Å². The topological polar surface area (TPSA) is 55.8 Å². The number of nitrogens with zero attached hydrogens (tertiary/aromatic N) is 2. The molecular formula is C13H17N3O2S. The summed E-state index contributed by atoms with van der Waals surface area (Å²) in [6, 6.07) is 5.10. The van der Waals surface area contributed by atoms with Crippen LogP contribution in [0.2, 0.25) is 0 Å². The Kier molecular flexibility index (Phi) is 4.01. The van der Waals surface area contributed by atoms with Crippen molar-refractivity contribution in [1.29, 1.82) is 0 Å². The fourth-order valence-corrected chi connectivity index (χ4v) is 2.20. The van der Waals surface area contributed by atoms with Crippen LogP contribution in [-0.4, -0.2) is 53.2 Å². The molecule has 0 fully saturated rings. The van der Waals surface area contributed by atoms with Gasteiger partial charge in [0.05, 0.1) is 5.56 Å². The van der Waals surface area contributed by atoms with Gasteiger partial charge in [0.2, 0.25) is 0 Å². The van der Waals surface area contributed by atoms with Gasteiger partial charge in [-0.05, 0) is 44.0 Å². The van der Waals surface area contributed by atoms with Crippen LogP contribution >= 0.6 is 12.2 Å². The molecule has 1 aromatic carbocycles. The van der Waals surface area contributed by atoms with Crippen molar-refractivity contribution in [2.45, 2.75) is 6.54 Å². The molecule has 1 aliphatic heterocycles. The Hall–Kier alpha value is -1.66. The highest BCUT2D eigenvalue weighted by Gasteiger charge is 2.20. The molecule has 2 N–H and O–H groups in total. The third kappa shape index (κ3) is 3.21. The first-order chi connectivity index (χ1) is 8.97. The van der Waals surface area contributed by atoms with E-state index in [4.69, 9.17) is 17.3 Å². The first-order valence-corrected chi connectivity index (χ1v) is 6.45. The molecule has 1 aliphatic rings. The monoisotopic (exact) mass is 279 g/mol. The predicted octanol–water partition coefficient (Wildman–Crippen LogP) is 1.46. The van der Waals surface area contributed by atoms with Gasteiger partial charge >= 0.3 is 5.97 Å². The molecule has 0 bridgehead atoms. The molecule has 102 valence electrons. The number of thiocarbonyl (C=S) groups is 1. The quantitative estimate of drug-likeness (QED) is 0.814. The summed E-state index contributed by atoms with van der Waals surface area (Å²) in [4.78, 5) is 15.1. The SMILES string of the molecule is CN(C)CCN1Cc2ccc(C(=O)O)cc2NC1=S. The fourth-order valence-electron chi connectivity index (χ4n) is 1.94. The number of aromatic carboxylic acids is 1. The number of carboxylic acid groups (broad SMARTS) is 1. The zero-order valence-corrected chi connectivity index (χ0v) is 11.8. The van der Waals surface area contributed by atoms with Crippen LogP contribution in [0.1, 0.15) is 15.9 Å². The van der Waals surface area contributed by atoms with Crippen LogP contribution in [0.5, 0.6) is 0 Å². The number of nitrogens with one attached hydrogen (secondary N) is 1. The van der Waals surface area contributed by atoms with Crippen molar-refractivity contribution in [1.82, 2.24) is 9.80 Å². The first kappa shape index (κ1) is 13.8. The van der Waals surface area contributed by atoms with Gasteiger partial charge in [0.15, 0.2) is 5.11 Å². The minimum atomic E-state index is -0.925. The van der Waals surface area contributed by atoms with E-state index < -0.39 is 5.97 Å². The smallest absolute Gasteiger partial charge is 0.335 e. The fraction of sp³-hybridized carbons (Fsp3) is 0.385. The largest absolute Gasteiger partial charge is 0.478 e. The van der Waals surface area contributed by atoms with Gasteiger partial charge in [-0.25, -0.2) is 4.79 Å². The maximum absolute atomic E-state index is 10.9. The van der Waals surface area contributed by atoms with E-state index in [2.05, 4.69) is 15.1 Å². The van der Waals surface area contributed by atoms with E-state index >= 15 is 0 Å². The third-order valence-corrected chi connectivity index (χ3v) is 3.42. The molecule has 0 saturated carbocycles. The second-order valence-electron chi connectivity index (χ2n) is 4.83. The lowest BCUT2D eigenvalue weighted by Gasteiger charge is -2.32. The summed E-state index contributed by atoms with van der Waals surface area (Å²) in [5.41, 5.74) is 2.14. The van der Waals surface area contributed by atoms with Crippen molar-refractivity contribution in [2.75, 3.05) is 32.5 Å². The molecule has 19 heavy (non-hydrogen) atoms. The van der Waals surface area contributed by atoms with E-state index in [1.165, 1.54) is 0 Å². The van der Waals surface area contributed by atoms with Crippen molar-refractivity contribution >= 4 is 29.0 Å². The van der Waals surface area contributed by atoms with Crippen LogP contribution < -0.4 is 5.32 Å². The van der Waals surface area contributed by atoms with Gasteiger partial charge in [-0.1, -0.05) is 6.07 Å². The first-order valence-electron chi connectivity index (χ1n) is 6.04. The predicted molar refractivity (Wildman–Crippen MR) is 78.6 cm³/mol. The Balaban J connectivity index is 2.15. The van der Waals surface area contributed by atoms with Gasteiger partial charge in [-0.3, -0.25) is 0 Å². The number of carboxylic acids is 1. The average Bonchev–Trinajstić information content (AvgIpc) is 2.35. The van der Waals surface area contributed by atoms with E-state index in [-0.39, 0.29) is 5.56 Å². The summed E-state index contributed by atoms with van der Waals surface area (Å²) in [5, 5.41) is 12.7. The molecule has 0 saturated heterocycles. The molecule has 6 heteroatoms. The molecule has 0 aromatic heterocycles. The standard InChI is InChI=1S/C13H17N3O2S/c1-15(2)5-6-16-8-10-4-3-9(12(17)18)7-11(10)14-13(16)19/h3-4,7H,5-6,8H2,1-2H3,(H,14,19)(H,17,18). The number of benzene rings is 1. The number of likely N-dealkylation sites (N-methyl/N-ethyl adjacent to an activating group) is 1. The second-order valence-corrected chi connectivity index (χ2v) is 5.22. The van der Waals surface area contributed by atoms with Crippen molar-refractivity contribution in [3.05, 3.63) is 29.3 Å². The molecule has 0 radical (unpaired) electrons. The number of rotatable bonds is 4. The summed E-state index contributed by atoms with van der Waals surface area (Å²) < 4.78 is 0. The van der Waals surface area contributed by atoms with Gasteiger partial charge in [-0.15, -0.1) is 0 Å². The highest BCUT2D eigenvalue weighted by Crippen LogP contribution is 2.24. The van der Waals surface area contributed by atoms with Crippen LogP contribution in [0.25, 0.3) is 0 Å². The van der Waals surface area contributed by atoms with E-state index in [1.807, 2.05) is 20.2 Å². The normalized spacial score (nSPS) is 14.3. The molecule has 0 spiro atoms. The van der Waals surface area contributed by atoms with Crippen LogP contribution in [-0.2, 0) is 6.54 Å². The Morgan fingerprint density at radius 2 is 2.26 bits per heavy atom. The number of anilines is 1. The highest BCUT2D eigenvalue weighted by atomic mass is 32.1. The Bertz CT molecular complexity index is 517. The van der Waals surface area contributed by atoms with Gasteiger partial charge < -0.3 is 20.2 Å². The van der Waals surface area contributed by atoms with E-state index in [0.717, 1.165) is 30.9 Å². The Morgan fingerprint density at radius 3 is 2.89 bits per heavy atom. The average molecular weight is 279 g/mol. The van der Waals surface area contributed by atoms with E-state index in [0.29, 0.717) is 5.11 Å². The summed E-state index contributed by atoms with van der Waals surface area (Å²) in [6.45, 7) is 2.48. The minimum absolute atomic E-state index is 0.274.